The van der Waals surface area contributed by atoms with Crippen LogP contribution in [0.25, 0.3) is 0 Å². The Labute approximate surface area is 120 Å². The van der Waals surface area contributed by atoms with Crippen LogP contribution in [0.5, 0.6) is 5.75 Å². The van der Waals surface area contributed by atoms with Gasteiger partial charge in [-0.25, -0.2) is 0 Å². The number of hydrogen-bond acceptors (Lipinski definition) is 3. The highest BCUT2D eigenvalue weighted by Crippen LogP contribution is 2.25. The number of hydrogen-bond donors (Lipinski definition) is 1. The number of rotatable bonds is 8. The number of benzene rings is 1. The van der Waals surface area contributed by atoms with Crippen molar-refractivity contribution in [2.24, 2.45) is 0 Å². The minimum absolute atomic E-state index is 0.262. The second kappa shape index (κ2) is 7.73. The minimum atomic E-state index is 0.262. The average Bonchev–Trinajstić information content (AvgIpc) is 2.33. The zero-order chi connectivity index (χ0) is 13.5. The molecule has 1 aromatic carbocycles. The van der Waals surface area contributed by atoms with Crippen molar-refractivity contribution in [1.29, 1.82) is 0 Å². The lowest BCUT2D eigenvalue weighted by Gasteiger charge is -2.37. The Hall–Kier alpha value is -0.770. The van der Waals surface area contributed by atoms with Gasteiger partial charge in [-0.1, -0.05) is 24.1 Å². The molecule has 1 fully saturated rings. The second-order valence-electron chi connectivity index (χ2n) is 5.00. The van der Waals surface area contributed by atoms with Gasteiger partial charge in [0.15, 0.2) is 0 Å². The van der Waals surface area contributed by atoms with Gasteiger partial charge in [0.05, 0.1) is 0 Å². The monoisotopic (exact) mass is 283 g/mol. The van der Waals surface area contributed by atoms with Gasteiger partial charge < -0.3 is 9.84 Å². The lowest BCUT2D eigenvalue weighted by molar-refractivity contribution is 0.0984. The van der Waals surface area contributed by atoms with E-state index in [1.807, 2.05) is 24.3 Å². The number of aliphatic hydroxyl groups excluding tert-OH is 1. The van der Waals surface area contributed by atoms with Gasteiger partial charge in [0, 0.05) is 30.8 Å². The van der Waals surface area contributed by atoms with Crippen LogP contribution in [0.1, 0.15) is 25.7 Å². The predicted octanol–water partition coefficient (Wildman–Crippen LogP) is 2.96. The van der Waals surface area contributed by atoms with Crippen LogP contribution in [0, 0.1) is 0 Å². The van der Waals surface area contributed by atoms with Crippen molar-refractivity contribution in [1.82, 2.24) is 4.90 Å². The quantitative estimate of drug-likeness (QED) is 0.796. The van der Waals surface area contributed by atoms with Gasteiger partial charge in [-0.2, -0.15) is 0 Å². The fraction of sp³-hybridized carbons (Fsp3) is 0.600. The summed E-state index contributed by atoms with van der Waals surface area (Å²) in [7, 11) is 0. The van der Waals surface area contributed by atoms with Gasteiger partial charge in [0.25, 0.3) is 0 Å². The highest BCUT2D eigenvalue weighted by atomic mass is 35.5. The zero-order valence-corrected chi connectivity index (χ0v) is 12.0. The van der Waals surface area contributed by atoms with Crippen LogP contribution in [0.2, 0.25) is 5.02 Å². The Bertz CT molecular complexity index is 382. The third-order valence-electron chi connectivity index (χ3n) is 3.64. The summed E-state index contributed by atoms with van der Waals surface area (Å²) in [5.74, 6) is 0.822. The molecule has 0 atom stereocenters. The fourth-order valence-electron chi connectivity index (χ4n) is 2.34. The Balaban J connectivity index is 1.75. The van der Waals surface area contributed by atoms with E-state index in [0.29, 0.717) is 17.7 Å². The molecule has 0 heterocycles. The van der Waals surface area contributed by atoms with Crippen molar-refractivity contribution in [2.75, 3.05) is 26.3 Å². The zero-order valence-electron chi connectivity index (χ0n) is 11.2. The van der Waals surface area contributed by atoms with E-state index in [2.05, 4.69) is 4.90 Å². The summed E-state index contributed by atoms with van der Waals surface area (Å²) in [5.41, 5.74) is 0. The topological polar surface area (TPSA) is 32.7 Å². The summed E-state index contributed by atoms with van der Waals surface area (Å²) in [4.78, 5) is 2.43. The maximum Gasteiger partial charge on any atom is 0.120 e. The molecule has 1 aliphatic rings. The van der Waals surface area contributed by atoms with Crippen LogP contribution < -0.4 is 4.74 Å². The van der Waals surface area contributed by atoms with Crippen molar-refractivity contribution >= 4 is 11.6 Å². The third-order valence-corrected chi connectivity index (χ3v) is 3.87. The molecule has 0 saturated heterocycles. The first-order valence-corrected chi connectivity index (χ1v) is 7.40. The molecule has 4 heteroatoms. The molecule has 1 saturated carbocycles. The summed E-state index contributed by atoms with van der Waals surface area (Å²) >= 11 is 5.92. The minimum Gasteiger partial charge on any atom is -0.492 e. The predicted molar refractivity (Wildman–Crippen MR) is 77.9 cm³/mol. The number of nitrogens with zero attached hydrogens (tertiary/aromatic N) is 1. The molecule has 0 amide bonds. The summed E-state index contributed by atoms with van der Waals surface area (Å²) in [6, 6.07) is 8.19. The van der Waals surface area contributed by atoms with Gasteiger partial charge in [0.1, 0.15) is 12.4 Å². The largest absolute Gasteiger partial charge is 0.492 e. The van der Waals surface area contributed by atoms with Gasteiger partial charge in [0.2, 0.25) is 0 Å². The van der Waals surface area contributed by atoms with Crippen molar-refractivity contribution < 1.29 is 9.84 Å². The molecule has 3 nitrogen and oxygen atoms in total. The Kier molecular flexibility index (Phi) is 5.95. The van der Waals surface area contributed by atoms with Gasteiger partial charge in [-0.3, -0.25) is 4.90 Å². The van der Waals surface area contributed by atoms with Crippen molar-refractivity contribution in [3.63, 3.8) is 0 Å². The normalized spacial score (nSPS) is 15.5. The van der Waals surface area contributed by atoms with Gasteiger partial charge in [-0.05, 0) is 37.5 Å². The number of halogens is 1. The summed E-state index contributed by atoms with van der Waals surface area (Å²) < 4.78 is 5.73. The van der Waals surface area contributed by atoms with Crippen molar-refractivity contribution in [3.8, 4) is 5.75 Å². The van der Waals surface area contributed by atoms with E-state index in [0.717, 1.165) is 25.3 Å². The maximum atomic E-state index is 8.95. The standard InChI is InChI=1S/C15H22ClNO2/c16-13-4-1-7-15(12-13)19-11-9-17(8-3-10-18)14-5-2-6-14/h1,4,7,12,14,18H,2-3,5-6,8-11H2. The molecule has 0 aromatic heterocycles. The van der Waals surface area contributed by atoms with Crippen LogP contribution in [0.4, 0.5) is 0 Å². The maximum absolute atomic E-state index is 8.95. The highest BCUT2D eigenvalue weighted by Gasteiger charge is 2.24. The lowest BCUT2D eigenvalue weighted by atomic mass is 9.91. The first-order chi connectivity index (χ1) is 9.29. The molecule has 2 rings (SSSR count). The molecule has 106 valence electrons. The van der Waals surface area contributed by atoms with Crippen molar-refractivity contribution in [2.45, 2.75) is 31.7 Å². The fourth-order valence-corrected chi connectivity index (χ4v) is 2.52. The first kappa shape index (κ1) is 14.6. The molecular weight excluding hydrogens is 262 g/mol. The van der Waals surface area contributed by atoms with E-state index in [1.54, 1.807) is 0 Å². The summed E-state index contributed by atoms with van der Waals surface area (Å²) in [6.45, 7) is 2.80. The Morgan fingerprint density at radius 1 is 1.32 bits per heavy atom. The van der Waals surface area contributed by atoms with E-state index < -0.39 is 0 Å². The third kappa shape index (κ3) is 4.68. The SMILES string of the molecule is OCCCN(CCOc1cccc(Cl)c1)C1CCC1. The number of ether oxygens (including phenoxy) is 1. The second-order valence-corrected chi connectivity index (χ2v) is 5.44. The van der Waals surface area contributed by atoms with Crippen LogP contribution in [-0.2, 0) is 0 Å². The van der Waals surface area contributed by atoms with E-state index in [-0.39, 0.29) is 6.61 Å². The average molecular weight is 284 g/mol. The highest BCUT2D eigenvalue weighted by molar-refractivity contribution is 6.30. The van der Waals surface area contributed by atoms with Crippen LogP contribution in [-0.4, -0.2) is 42.4 Å². The lowest BCUT2D eigenvalue weighted by Crippen LogP contribution is -2.43. The van der Waals surface area contributed by atoms with Crippen LogP contribution in [0.3, 0.4) is 0 Å². The van der Waals surface area contributed by atoms with Gasteiger partial charge in [-0.15, -0.1) is 0 Å². The Morgan fingerprint density at radius 3 is 2.79 bits per heavy atom. The molecule has 1 N–H and O–H groups in total. The summed E-state index contributed by atoms with van der Waals surface area (Å²) in [5, 5.41) is 9.65. The van der Waals surface area contributed by atoms with E-state index in [1.165, 1.54) is 19.3 Å². The molecular formula is C15H22ClNO2. The molecule has 19 heavy (non-hydrogen) atoms. The number of aliphatic hydroxyl groups is 1. The van der Waals surface area contributed by atoms with Crippen LogP contribution >= 0.6 is 11.6 Å². The van der Waals surface area contributed by atoms with E-state index in [9.17, 15) is 0 Å². The van der Waals surface area contributed by atoms with Gasteiger partial charge >= 0.3 is 0 Å². The van der Waals surface area contributed by atoms with E-state index in [4.69, 9.17) is 21.4 Å². The summed E-state index contributed by atoms with van der Waals surface area (Å²) in [6.07, 6.45) is 4.73. The van der Waals surface area contributed by atoms with Crippen LogP contribution in [0.15, 0.2) is 24.3 Å². The first-order valence-electron chi connectivity index (χ1n) is 7.03. The Morgan fingerprint density at radius 2 is 2.16 bits per heavy atom. The molecule has 0 spiro atoms. The van der Waals surface area contributed by atoms with E-state index >= 15 is 0 Å². The molecule has 1 aliphatic carbocycles. The molecule has 0 bridgehead atoms. The smallest absolute Gasteiger partial charge is 0.120 e. The molecule has 0 unspecified atom stereocenters. The molecule has 0 aliphatic heterocycles. The van der Waals surface area contributed by atoms with Crippen molar-refractivity contribution in [3.05, 3.63) is 29.3 Å². The molecule has 0 radical (unpaired) electrons. The molecule has 1 aromatic rings.